The van der Waals surface area contributed by atoms with Crippen molar-refractivity contribution in [2.45, 2.75) is 39.3 Å². The van der Waals surface area contributed by atoms with Gasteiger partial charge in [-0.15, -0.1) is 0 Å². The average molecular weight is 283 g/mol. The van der Waals surface area contributed by atoms with Crippen LogP contribution < -0.4 is 10.1 Å². The van der Waals surface area contributed by atoms with Gasteiger partial charge in [0.2, 0.25) is 0 Å². The zero-order valence-corrected chi connectivity index (χ0v) is 13.0. The Morgan fingerprint density at radius 1 is 1.00 bits per heavy atom. The summed E-state index contributed by atoms with van der Waals surface area (Å²) < 4.78 is 5.91. The summed E-state index contributed by atoms with van der Waals surface area (Å²) >= 11 is 0. The zero-order chi connectivity index (χ0) is 14.9. The fraction of sp³-hybridized carbons (Fsp3) is 0.368. The van der Waals surface area contributed by atoms with E-state index in [2.05, 4.69) is 49.5 Å². The molecule has 2 aromatic rings. The van der Waals surface area contributed by atoms with Crippen LogP contribution in [0.4, 0.5) is 0 Å². The molecule has 1 unspecified atom stereocenters. The van der Waals surface area contributed by atoms with Crippen LogP contribution in [0.2, 0.25) is 0 Å². The molecule has 2 nitrogen and oxygen atoms in total. The summed E-state index contributed by atoms with van der Waals surface area (Å²) in [6.45, 7) is 5.97. The lowest BCUT2D eigenvalue weighted by Crippen LogP contribution is -2.20. The Kier molecular flexibility index (Phi) is 6.29. The van der Waals surface area contributed by atoms with Gasteiger partial charge in [0.1, 0.15) is 12.4 Å². The number of rotatable bonds is 8. The molecule has 0 saturated carbocycles. The molecule has 2 aromatic carbocycles. The molecule has 0 radical (unpaired) electrons. The molecule has 0 saturated heterocycles. The molecule has 21 heavy (non-hydrogen) atoms. The second-order valence-electron chi connectivity index (χ2n) is 5.25. The van der Waals surface area contributed by atoms with E-state index in [-0.39, 0.29) is 0 Å². The van der Waals surface area contributed by atoms with Crippen LogP contribution in [-0.4, -0.2) is 6.54 Å². The van der Waals surface area contributed by atoms with Gasteiger partial charge in [0.05, 0.1) is 0 Å². The fourth-order valence-electron chi connectivity index (χ4n) is 2.48. The highest BCUT2D eigenvalue weighted by Gasteiger charge is 2.09. The summed E-state index contributed by atoms with van der Waals surface area (Å²) in [4.78, 5) is 0. The molecule has 1 N–H and O–H groups in total. The van der Waals surface area contributed by atoms with E-state index in [9.17, 15) is 0 Å². The Hall–Kier alpha value is -1.80. The zero-order valence-electron chi connectivity index (χ0n) is 13.0. The van der Waals surface area contributed by atoms with Gasteiger partial charge in [-0.25, -0.2) is 0 Å². The summed E-state index contributed by atoms with van der Waals surface area (Å²) in [6.07, 6.45) is 2.32. The van der Waals surface area contributed by atoms with Crippen LogP contribution in [0.15, 0.2) is 54.6 Å². The molecule has 0 aliphatic carbocycles. The van der Waals surface area contributed by atoms with Crippen LogP contribution in [-0.2, 0) is 6.61 Å². The predicted octanol–water partition coefficient (Wildman–Crippen LogP) is 4.72. The van der Waals surface area contributed by atoms with Crippen LogP contribution in [0.1, 0.15) is 43.9 Å². The van der Waals surface area contributed by atoms with E-state index in [1.165, 1.54) is 17.5 Å². The van der Waals surface area contributed by atoms with Gasteiger partial charge in [-0.2, -0.15) is 0 Å². The predicted molar refractivity (Wildman–Crippen MR) is 88.5 cm³/mol. The number of benzene rings is 2. The number of nitrogens with one attached hydrogen (secondary N) is 1. The van der Waals surface area contributed by atoms with Gasteiger partial charge in [0.15, 0.2) is 0 Å². The van der Waals surface area contributed by atoms with Crippen LogP contribution in [0.25, 0.3) is 0 Å². The summed E-state index contributed by atoms with van der Waals surface area (Å²) in [7, 11) is 0. The first kappa shape index (κ1) is 15.6. The van der Waals surface area contributed by atoms with Crippen LogP contribution in [0.3, 0.4) is 0 Å². The first-order valence-corrected chi connectivity index (χ1v) is 7.83. The van der Waals surface area contributed by atoms with Crippen molar-refractivity contribution >= 4 is 0 Å². The molecule has 0 spiro atoms. The fourth-order valence-corrected chi connectivity index (χ4v) is 2.48. The monoisotopic (exact) mass is 283 g/mol. The van der Waals surface area contributed by atoms with E-state index < -0.39 is 0 Å². The lowest BCUT2D eigenvalue weighted by Gasteiger charge is -2.18. The van der Waals surface area contributed by atoms with Crippen molar-refractivity contribution in [1.82, 2.24) is 5.32 Å². The summed E-state index contributed by atoms with van der Waals surface area (Å²) in [5.41, 5.74) is 2.50. The molecule has 112 valence electrons. The van der Waals surface area contributed by atoms with Gasteiger partial charge in [0.25, 0.3) is 0 Å². The number of ether oxygens (including phenoxy) is 1. The SMILES string of the molecule is CCCC(NCC)c1cccc(OCc2ccccc2)c1. The van der Waals surface area contributed by atoms with Crippen molar-refractivity contribution in [2.75, 3.05) is 6.54 Å². The van der Waals surface area contributed by atoms with Gasteiger partial charge in [-0.3, -0.25) is 0 Å². The lowest BCUT2D eigenvalue weighted by atomic mass is 10.0. The third-order valence-corrected chi connectivity index (χ3v) is 3.54. The van der Waals surface area contributed by atoms with E-state index in [0.29, 0.717) is 12.6 Å². The van der Waals surface area contributed by atoms with Gasteiger partial charge >= 0.3 is 0 Å². The Balaban J connectivity index is 2.02. The molecule has 0 aliphatic rings. The van der Waals surface area contributed by atoms with Crippen molar-refractivity contribution in [3.05, 3.63) is 65.7 Å². The molecule has 0 fully saturated rings. The maximum absolute atomic E-state index is 5.91. The molecule has 0 aliphatic heterocycles. The molecule has 0 heterocycles. The maximum Gasteiger partial charge on any atom is 0.120 e. The second kappa shape index (κ2) is 8.48. The Morgan fingerprint density at radius 3 is 2.52 bits per heavy atom. The van der Waals surface area contributed by atoms with E-state index in [4.69, 9.17) is 4.74 Å². The minimum Gasteiger partial charge on any atom is -0.489 e. The average Bonchev–Trinajstić information content (AvgIpc) is 2.54. The molecular formula is C19H25NO. The van der Waals surface area contributed by atoms with Crippen molar-refractivity contribution in [1.29, 1.82) is 0 Å². The Labute approximate surface area is 128 Å². The van der Waals surface area contributed by atoms with Crippen molar-refractivity contribution < 1.29 is 4.74 Å². The van der Waals surface area contributed by atoms with E-state index in [1.807, 2.05) is 24.3 Å². The van der Waals surface area contributed by atoms with Crippen LogP contribution in [0, 0.1) is 0 Å². The van der Waals surface area contributed by atoms with Crippen molar-refractivity contribution in [3.8, 4) is 5.75 Å². The van der Waals surface area contributed by atoms with Crippen molar-refractivity contribution in [2.24, 2.45) is 0 Å². The van der Waals surface area contributed by atoms with Gasteiger partial charge < -0.3 is 10.1 Å². The van der Waals surface area contributed by atoms with Crippen LogP contribution in [0.5, 0.6) is 5.75 Å². The molecule has 2 heteroatoms. The number of hydrogen-bond acceptors (Lipinski definition) is 2. The first-order chi connectivity index (χ1) is 10.3. The Bertz CT molecular complexity index is 518. The van der Waals surface area contributed by atoms with Gasteiger partial charge in [-0.1, -0.05) is 62.7 Å². The minimum atomic E-state index is 0.417. The standard InChI is InChI=1S/C19H25NO/c1-3-9-19(20-4-2)17-12-8-13-18(14-17)21-15-16-10-6-5-7-11-16/h5-8,10-14,19-20H,3-4,9,15H2,1-2H3. The normalized spacial score (nSPS) is 12.1. The molecular weight excluding hydrogens is 258 g/mol. The second-order valence-corrected chi connectivity index (χ2v) is 5.25. The summed E-state index contributed by atoms with van der Waals surface area (Å²) in [5.74, 6) is 0.940. The number of hydrogen-bond donors (Lipinski definition) is 1. The van der Waals surface area contributed by atoms with Crippen LogP contribution >= 0.6 is 0 Å². The van der Waals surface area contributed by atoms with E-state index >= 15 is 0 Å². The largest absolute Gasteiger partial charge is 0.489 e. The van der Waals surface area contributed by atoms with E-state index in [1.54, 1.807) is 0 Å². The van der Waals surface area contributed by atoms with Gasteiger partial charge in [0, 0.05) is 6.04 Å². The highest BCUT2D eigenvalue weighted by atomic mass is 16.5. The highest BCUT2D eigenvalue weighted by molar-refractivity contribution is 5.31. The molecule has 2 rings (SSSR count). The summed E-state index contributed by atoms with van der Waals surface area (Å²) in [6, 6.07) is 19.1. The molecule has 0 aromatic heterocycles. The molecule has 0 amide bonds. The summed E-state index contributed by atoms with van der Waals surface area (Å²) in [5, 5.41) is 3.55. The minimum absolute atomic E-state index is 0.417. The highest BCUT2D eigenvalue weighted by Crippen LogP contribution is 2.23. The molecule has 1 atom stereocenters. The maximum atomic E-state index is 5.91. The van der Waals surface area contributed by atoms with Crippen molar-refractivity contribution in [3.63, 3.8) is 0 Å². The Morgan fingerprint density at radius 2 is 1.81 bits per heavy atom. The third-order valence-electron chi connectivity index (χ3n) is 3.54. The third kappa shape index (κ3) is 4.91. The lowest BCUT2D eigenvalue weighted by molar-refractivity contribution is 0.305. The molecule has 0 bridgehead atoms. The van der Waals surface area contributed by atoms with E-state index in [0.717, 1.165) is 18.7 Å². The van der Waals surface area contributed by atoms with Gasteiger partial charge in [-0.05, 0) is 36.2 Å². The smallest absolute Gasteiger partial charge is 0.120 e. The first-order valence-electron chi connectivity index (χ1n) is 7.83. The topological polar surface area (TPSA) is 21.3 Å². The quantitative estimate of drug-likeness (QED) is 0.757.